The van der Waals surface area contributed by atoms with Gasteiger partial charge in [-0.3, -0.25) is 14.2 Å². The van der Waals surface area contributed by atoms with Crippen molar-refractivity contribution in [3.05, 3.63) is 130 Å². The van der Waals surface area contributed by atoms with Gasteiger partial charge in [0.1, 0.15) is 0 Å². The second kappa shape index (κ2) is 14.0. The van der Waals surface area contributed by atoms with Crippen molar-refractivity contribution in [1.29, 1.82) is 0 Å². The van der Waals surface area contributed by atoms with E-state index in [4.69, 9.17) is 0 Å². The summed E-state index contributed by atoms with van der Waals surface area (Å²) < 4.78 is 51.4. The molecule has 2 saturated heterocycles. The number of hydrogen-bond acceptors (Lipinski definition) is 6. The standard InChI is InChI=1S/C23H26N2O3S.C23H28N2O2S/c1-23(18-8-5-9-19(12-18)24-29(2,27)28)20-13-25(14-21(20)23)22(26)17-10-15-6-3-4-7-16(15)11-17;1-23(19-8-5-9-20(12-19)24-28(2,26)27)21-14-25(15-22(21)23)13-16-10-17-6-3-4-7-18(17)11-16/h3-9,12,17,20-21,24H,10-11,13-14H2,1-2H3;3-9,12,16,21-22,24H,10-11,13-15H2,1-2H3. The van der Waals surface area contributed by atoms with E-state index in [1.54, 1.807) is 6.07 Å². The van der Waals surface area contributed by atoms with E-state index in [2.05, 4.69) is 93.8 Å². The van der Waals surface area contributed by atoms with E-state index in [-0.39, 0.29) is 16.7 Å². The van der Waals surface area contributed by atoms with Gasteiger partial charge in [-0.1, -0.05) is 86.6 Å². The molecule has 4 aromatic carbocycles. The number of nitrogens with one attached hydrogen (secondary N) is 2. The van der Waals surface area contributed by atoms with E-state index >= 15 is 0 Å². The normalized spacial score (nSPS) is 28.8. The van der Waals surface area contributed by atoms with E-state index in [1.165, 1.54) is 53.5 Å². The molecule has 4 aliphatic carbocycles. The van der Waals surface area contributed by atoms with Gasteiger partial charge < -0.3 is 9.80 Å². The molecule has 1 amide bonds. The predicted molar refractivity (Wildman–Crippen MR) is 226 cm³/mol. The first-order chi connectivity index (χ1) is 27.1. The molecule has 4 fully saturated rings. The molecule has 0 aromatic heterocycles. The Hall–Kier alpha value is -4.19. The Morgan fingerprint density at radius 2 is 1.00 bits per heavy atom. The maximum Gasteiger partial charge on any atom is 0.229 e. The molecule has 300 valence electrons. The Morgan fingerprint density at radius 1 is 0.596 bits per heavy atom. The fraction of sp³-hybridized carbons (Fsp3) is 0.457. The minimum atomic E-state index is -3.29. The smallest absolute Gasteiger partial charge is 0.229 e. The first-order valence-electron chi connectivity index (χ1n) is 20.4. The van der Waals surface area contributed by atoms with Crippen LogP contribution in [0.25, 0.3) is 0 Å². The molecule has 6 aliphatic rings. The van der Waals surface area contributed by atoms with Gasteiger partial charge in [0.25, 0.3) is 0 Å². The molecule has 2 aliphatic heterocycles. The maximum atomic E-state index is 13.1. The number of rotatable bonds is 9. The fourth-order valence-electron chi connectivity index (χ4n) is 11.4. The molecule has 2 saturated carbocycles. The zero-order valence-corrected chi connectivity index (χ0v) is 35.0. The number of anilines is 2. The molecule has 11 heteroatoms. The third kappa shape index (κ3) is 7.40. The Bertz CT molecular complexity index is 2380. The first-order valence-corrected chi connectivity index (χ1v) is 24.2. The van der Waals surface area contributed by atoms with E-state index in [1.807, 2.05) is 30.3 Å². The molecule has 4 atom stereocenters. The summed E-state index contributed by atoms with van der Waals surface area (Å²) in [5, 5.41) is 0. The topological polar surface area (TPSA) is 116 Å². The number of nitrogens with zero attached hydrogens (tertiary/aromatic N) is 2. The molecule has 10 rings (SSSR count). The van der Waals surface area contributed by atoms with Gasteiger partial charge in [0.2, 0.25) is 26.0 Å². The van der Waals surface area contributed by atoms with Crippen LogP contribution in [-0.2, 0) is 61.4 Å². The molecule has 2 heterocycles. The highest BCUT2D eigenvalue weighted by molar-refractivity contribution is 7.92. The van der Waals surface area contributed by atoms with E-state index in [0.29, 0.717) is 41.0 Å². The van der Waals surface area contributed by atoms with Gasteiger partial charge in [-0.05, 0) is 113 Å². The molecular weight excluding hydrogens is 753 g/mol. The SMILES string of the molecule is CC1(c2cccc(NS(C)(=O)=O)c2)C2CN(C(=O)C3Cc4ccccc4C3)CC21.CC1(c2cccc(NS(C)(=O)=O)c2)C2CN(CC3Cc4ccccc4C3)CC21. The monoisotopic (exact) mass is 806 g/mol. The van der Waals surface area contributed by atoms with Crippen LogP contribution in [0, 0.1) is 35.5 Å². The second-order valence-corrected chi connectivity index (χ2v) is 21.8. The van der Waals surface area contributed by atoms with Crippen LogP contribution in [0.4, 0.5) is 11.4 Å². The molecule has 4 aromatic rings. The number of likely N-dealkylation sites (tertiary alicyclic amines) is 2. The van der Waals surface area contributed by atoms with Gasteiger partial charge in [0.05, 0.1) is 12.5 Å². The van der Waals surface area contributed by atoms with Gasteiger partial charge in [0, 0.05) is 60.8 Å². The van der Waals surface area contributed by atoms with Gasteiger partial charge in [-0.2, -0.15) is 0 Å². The van der Waals surface area contributed by atoms with Crippen molar-refractivity contribution in [2.45, 2.75) is 50.4 Å². The zero-order valence-electron chi connectivity index (χ0n) is 33.3. The van der Waals surface area contributed by atoms with Crippen molar-refractivity contribution >= 4 is 37.3 Å². The Balaban J connectivity index is 0.000000148. The van der Waals surface area contributed by atoms with Crippen molar-refractivity contribution < 1.29 is 21.6 Å². The van der Waals surface area contributed by atoms with Crippen molar-refractivity contribution in [3.63, 3.8) is 0 Å². The quantitative estimate of drug-likeness (QED) is 0.211. The summed E-state index contributed by atoms with van der Waals surface area (Å²) in [6.45, 7) is 9.73. The predicted octanol–water partition coefficient (Wildman–Crippen LogP) is 6.11. The minimum Gasteiger partial charge on any atom is -0.342 e. The molecular formula is C46H54N4O5S2. The summed E-state index contributed by atoms with van der Waals surface area (Å²) >= 11 is 0. The molecule has 4 unspecified atom stereocenters. The number of piperidine rings is 2. The number of hydrogen-bond donors (Lipinski definition) is 2. The van der Waals surface area contributed by atoms with E-state index < -0.39 is 20.0 Å². The van der Waals surface area contributed by atoms with Gasteiger partial charge in [-0.15, -0.1) is 0 Å². The van der Waals surface area contributed by atoms with E-state index in [9.17, 15) is 21.6 Å². The number of carbonyl (C=O) groups is 1. The van der Waals surface area contributed by atoms with Gasteiger partial charge in [0.15, 0.2) is 0 Å². The summed E-state index contributed by atoms with van der Waals surface area (Å²) in [4.78, 5) is 17.8. The van der Waals surface area contributed by atoms with Crippen molar-refractivity contribution in [1.82, 2.24) is 9.80 Å². The lowest BCUT2D eigenvalue weighted by Crippen LogP contribution is -2.38. The van der Waals surface area contributed by atoms with E-state index in [0.717, 1.165) is 56.8 Å². The van der Waals surface area contributed by atoms with Crippen molar-refractivity contribution in [3.8, 4) is 0 Å². The first kappa shape index (κ1) is 38.3. The number of fused-ring (bicyclic) bond motifs is 4. The van der Waals surface area contributed by atoms with Crippen molar-refractivity contribution in [2.24, 2.45) is 35.5 Å². The lowest BCUT2D eigenvalue weighted by Gasteiger charge is -2.27. The molecule has 0 radical (unpaired) electrons. The van der Waals surface area contributed by atoms with Crippen LogP contribution in [0.1, 0.15) is 47.2 Å². The van der Waals surface area contributed by atoms with Crippen LogP contribution in [0.15, 0.2) is 97.1 Å². The van der Waals surface area contributed by atoms with Crippen LogP contribution in [-0.4, -0.2) is 77.8 Å². The summed E-state index contributed by atoms with van der Waals surface area (Å²) in [5.74, 6) is 3.40. The molecule has 57 heavy (non-hydrogen) atoms. The number of benzene rings is 4. The molecule has 9 nitrogen and oxygen atoms in total. The maximum absolute atomic E-state index is 13.1. The Morgan fingerprint density at radius 3 is 1.42 bits per heavy atom. The van der Waals surface area contributed by atoms with Crippen LogP contribution < -0.4 is 9.44 Å². The van der Waals surface area contributed by atoms with Crippen LogP contribution in [0.5, 0.6) is 0 Å². The molecule has 2 N–H and O–H groups in total. The zero-order chi connectivity index (χ0) is 39.9. The highest BCUT2D eigenvalue weighted by Gasteiger charge is 2.67. The lowest BCUT2D eigenvalue weighted by atomic mass is 9.91. The third-order valence-corrected chi connectivity index (χ3v) is 15.7. The average molecular weight is 807 g/mol. The second-order valence-electron chi connectivity index (χ2n) is 18.3. The largest absolute Gasteiger partial charge is 0.342 e. The highest BCUT2D eigenvalue weighted by atomic mass is 32.2. The van der Waals surface area contributed by atoms with Gasteiger partial charge >= 0.3 is 0 Å². The minimum absolute atomic E-state index is 0.0185. The summed E-state index contributed by atoms with van der Waals surface area (Å²) in [6.07, 6.45) is 6.52. The molecule has 0 spiro atoms. The number of sulfonamides is 2. The summed E-state index contributed by atoms with van der Waals surface area (Å²) in [7, 11) is -6.53. The Labute approximate surface area is 338 Å². The summed E-state index contributed by atoms with van der Waals surface area (Å²) in [6, 6.07) is 32.9. The fourth-order valence-corrected chi connectivity index (χ4v) is 12.5. The highest BCUT2D eigenvalue weighted by Crippen LogP contribution is 2.64. The lowest BCUT2D eigenvalue weighted by molar-refractivity contribution is -0.134. The van der Waals surface area contributed by atoms with Gasteiger partial charge in [-0.25, -0.2) is 16.8 Å². The summed E-state index contributed by atoms with van der Waals surface area (Å²) in [5.41, 5.74) is 9.61. The van der Waals surface area contributed by atoms with Crippen LogP contribution >= 0.6 is 0 Å². The van der Waals surface area contributed by atoms with Crippen molar-refractivity contribution in [2.75, 3.05) is 54.7 Å². The average Bonchev–Trinajstić information content (AvgIpc) is 3.65. The van der Waals surface area contributed by atoms with Crippen LogP contribution in [0.2, 0.25) is 0 Å². The number of amides is 1. The third-order valence-electron chi connectivity index (χ3n) is 14.5. The van der Waals surface area contributed by atoms with Crippen LogP contribution in [0.3, 0.4) is 0 Å². The number of carbonyl (C=O) groups excluding carboxylic acids is 1. The Kier molecular flexibility index (Phi) is 9.40. The molecule has 0 bridgehead atoms.